The van der Waals surface area contributed by atoms with Crippen molar-refractivity contribution < 1.29 is 5.11 Å². The second kappa shape index (κ2) is 6.06. The van der Waals surface area contributed by atoms with Crippen LogP contribution in [0.25, 0.3) is 0 Å². The summed E-state index contributed by atoms with van der Waals surface area (Å²) in [6.45, 7) is 2.02. The summed E-state index contributed by atoms with van der Waals surface area (Å²) in [5.41, 5.74) is 1.99. The minimum Gasteiger partial charge on any atom is -0.383 e. The Kier molecular flexibility index (Phi) is 5.11. The molecule has 0 saturated heterocycles. The Hall–Kier alpha value is 0.800. The minimum atomic E-state index is -0.635. The molecule has 18 heavy (non-hydrogen) atoms. The second-order valence-electron chi connectivity index (χ2n) is 3.80. The average Bonchev–Trinajstić information content (AvgIpc) is 2.63. The molecule has 0 spiro atoms. The smallest absolute Gasteiger partial charge is 0.114 e. The molecule has 1 nitrogen and oxygen atoms in total. The lowest BCUT2D eigenvalue weighted by Crippen LogP contribution is -1.99. The Morgan fingerprint density at radius 1 is 1.00 bits per heavy atom. The van der Waals surface area contributed by atoms with E-state index < -0.39 is 6.10 Å². The fraction of sp³-hybridized carbons (Fsp3) is 0.167. The molecular formula is C12H8Br4OS. The first-order valence-electron chi connectivity index (χ1n) is 4.98. The molecule has 2 rings (SSSR count). The van der Waals surface area contributed by atoms with Crippen molar-refractivity contribution in [3.8, 4) is 0 Å². The topological polar surface area (TPSA) is 20.2 Å². The van der Waals surface area contributed by atoms with Crippen LogP contribution in [0.2, 0.25) is 0 Å². The largest absolute Gasteiger partial charge is 0.383 e. The van der Waals surface area contributed by atoms with Gasteiger partial charge < -0.3 is 5.11 Å². The number of aliphatic hydroxyl groups is 1. The molecule has 1 aromatic carbocycles. The van der Waals surface area contributed by atoms with Gasteiger partial charge in [0.15, 0.2) is 0 Å². The van der Waals surface area contributed by atoms with Crippen LogP contribution >= 0.6 is 75.1 Å². The van der Waals surface area contributed by atoms with E-state index in [1.165, 1.54) is 11.3 Å². The Morgan fingerprint density at radius 3 is 2.22 bits per heavy atom. The van der Waals surface area contributed by atoms with Crippen LogP contribution in [-0.4, -0.2) is 5.11 Å². The van der Waals surface area contributed by atoms with E-state index in [0.29, 0.717) is 0 Å². The van der Waals surface area contributed by atoms with E-state index in [0.717, 1.165) is 33.2 Å². The summed E-state index contributed by atoms with van der Waals surface area (Å²) < 4.78 is 3.86. The van der Waals surface area contributed by atoms with Gasteiger partial charge in [-0.3, -0.25) is 0 Å². The molecule has 0 bridgehead atoms. The van der Waals surface area contributed by atoms with Crippen LogP contribution < -0.4 is 0 Å². The molecule has 1 N–H and O–H groups in total. The first-order valence-corrected chi connectivity index (χ1v) is 8.97. The summed E-state index contributed by atoms with van der Waals surface area (Å²) in [6.07, 6.45) is -0.635. The number of rotatable bonds is 2. The molecule has 0 fully saturated rings. The van der Waals surface area contributed by atoms with Crippen molar-refractivity contribution in [1.82, 2.24) is 0 Å². The number of halogens is 4. The molecular weight excluding hydrogens is 512 g/mol. The number of hydrogen-bond donors (Lipinski definition) is 1. The second-order valence-corrected chi connectivity index (χ2v) is 8.76. The fourth-order valence-corrected chi connectivity index (χ4v) is 4.65. The van der Waals surface area contributed by atoms with E-state index in [9.17, 15) is 5.11 Å². The summed E-state index contributed by atoms with van der Waals surface area (Å²) in [4.78, 5) is 0.894. The van der Waals surface area contributed by atoms with Crippen molar-refractivity contribution in [1.29, 1.82) is 0 Å². The van der Waals surface area contributed by atoms with Gasteiger partial charge in [0.05, 0.1) is 3.79 Å². The molecule has 2 aromatic rings. The maximum Gasteiger partial charge on any atom is 0.114 e. The Morgan fingerprint density at radius 2 is 1.67 bits per heavy atom. The van der Waals surface area contributed by atoms with Gasteiger partial charge in [-0.25, -0.2) is 0 Å². The minimum absolute atomic E-state index is 0.635. The highest BCUT2D eigenvalue weighted by molar-refractivity contribution is 9.13. The van der Waals surface area contributed by atoms with Crippen molar-refractivity contribution >= 4 is 75.1 Å². The number of aliphatic hydroxyl groups excluding tert-OH is 1. The lowest BCUT2D eigenvalue weighted by atomic mass is 10.1. The molecule has 0 aliphatic rings. The van der Waals surface area contributed by atoms with Crippen molar-refractivity contribution in [2.24, 2.45) is 0 Å². The van der Waals surface area contributed by atoms with Gasteiger partial charge in [-0.2, -0.15) is 0 Å². The van der Waals surface area contributed by atoms with Crippen LogP contribution in [0, 0.1) is 6.92 Å². The normalized spacial score (nSPS) is 12.8. The summed E-state index contributed by atoms with van der Waals surface area (Å²) >= 11 is 15.4. The highest BCUT2D eigenvalue weighted by Crippen LogP contribution is 2.40. The zero-order valence-electron chi connectivity index (χ0n) is 9.18. The molecule has 6 heteroatoms. The molecule has 1 heterocycles. The van der Waals surface area contributed by atoms with E-state index in [-0.39, 0.29) is 0 Å². The lowest BCUT2D eigenvalue weighted by molar-refractivity contribution is 0.223. The first kappa shape index (κ1) is 15.2. The van der Waals surface area contributed by atoms with Crippen molar-refractivity contribution in [3.63, 3.8) is 0 Å². The van der Waals surface area contributed by atoms with E-state index in [2.05, 4.69) is 63.7 Å². The number of thiophene rings is 1. The van der Waals surface area contributed by atoms with Crippen molar-refractivity contribution in [3.05, 3.63) is 51.4 Å². The molecule has 1 atom stereocenters. The maximum absolute atomic E-state index is 10.4. The van der Waals surface area contributed by atoms with Crippen LogP contribution in [0.15, 0.2) is 35.4 Å². The van der Waals surface area contributed by atoms with Gasteiger partial charge in [0.1, 0.15) is 6.10 Å². The highest BCUT2D eigenvalue weighted by Gasteiger charge is 2.18. The van der Waals surface area contributed by atoms with Crippen LogP contribution in [0.1, 0.15) is 22.1 Å². The van der Waals surface area contributed by atoms with Gasteiger partial charge >= 0.3 is 0 Å². The monoisotopic (exact) mass is 516 g/mol. The van der Waals surface area contributed by atoms with Gasteiger partial charge in [-0.1, -0.05) is 31.9 Å². The molecule has 0 aliphatic heterocycles. The third-order valence-electron chi connectivity index (χ3n) is 2.51. The lowest BCUT2D eigenvalue weighted by Gasteiger charge is -2.13. The van der Waals surface area contributed by atoms with Gasteiger partial charge in [-0.05, 0) is 62.5 Å². The van der Waals surface area contributed by atoms with E-state index in [4.69, 9.17) is 0 Å². The first-order chi connectivity index (χ1) is 8.40. The summed E-state index contributed by atoms with van der Waals surface area (Å²) in [7, 11) is 0. The average molecular weight is 520 g/mol. The molecule has 1 aromatic heterocycles. The van der Waals surface area contributed by atoms with Crippen LogP contribution in [-0.2, 0) is 0 Å². The van der Waals surface area contributed by atoms with Gasteiger partial charge in [0.2, 0.25) is 0 Å². The predicted octanol–water partition coefficient (Wildman–Crippen LogP) is 6.19. The van der Waals surface area contributed by atoms with Crippen LogP contribution in [0.3, 0.4) is 0 Å². The number of aryl methyl sites for hydroxylation is 1. The van der Waals surface area contributed by atoms with Gasteiger partial charge in [0.25, 0.3) is 0 Å². The number of benzene rings is 1. The Balaban J connectivity index is 2.45. The Bertz CT molecular complexity index is 575. The van der Waals surface area contributed by atoms with Crippen LogP contribution in [0.4, 0.5) is 0 Å². The zero-order valence-corrected chi connectivity index (χ0v) is 16.3. The third-order valence-corrected chi connectivity index (χ3v) is 7.36. The van der Waals surface area contributed by atoms with Gasteiger partial charge in [-0.15, -0.1) is 11.3 Å². The zero-order chi connectivity index (χ0) is 13.4. The molecule has 1 unspecified atom stereocenters. The maximum atomic E-state index is 10.4. The fourth-order valence-electron chi connectivity index (χ4n) is 1.52. The van der Waals surface area contributed by atoms with Crippen LogP contribution in [0.5, 0.6) is 0 Å². The molecule has 0 radical (unpaired) electrons. The third kappa shape index (κ3) is 3.10. The molecule has 0 amide bonds. The molecule has 0 saturated carbocycles. The predicted molar refractivity (Wildman–Crippen MR) is 90.4 cm³/mol. The summed E-state index contributed by atoms with van der Waals surface area (Å²) in [5, 5.41) is 10.4. The summed E-state index contributed by atoms with van der Waals surface area (Å²) in [6, 6.07) is 5.88. The van der Waals surface area contributed by atoms with Gasteiger partial charge in [0, 0.05) is 23.9 Å². The SMILES string of the molecule is Cc1cc(Br)c(C(O)c2cc(Br)c(Br)s2)cc1Br. The Labute approximate surface area is 143 Å². The molecule has 96 valence electrons. The number of hydrogen-bond acceptors (Lipinski definition) is 2. The van der Waals surface area contributed by atoms with E-state index in [1.807, 2.05) is 25.1 Å². The van der Waals surface area contributed by atoms with Crippen molar-refractivity contribution in [2.75, 3.05) is 0 Å². The quantitative estimate of drug-likeness (QED) is 0.502. The van der Waals surface area contributed by atoms with E-state index in [1.54, 1.807) is 0 Å². The van der Waals surface area contributed by atoms with E-state index >= 15 is 0 Å². The summed E-state index contributed by atoms with van der Waals surface area (Å²) in [5.74, 6) is 0. The highest BCUT2D eigenvalue weighted by atomic mass is 79.9. The standard InChI is InChI=1S/C12H8Br4OS/c1-5-2-8(14)6(3-7(5)13)11(17)10-4-9(15)12(16)18-10/h2-4,11,17H,1H3. The van der Waals surface area contributed by atoms with Crippen molar-refractivity contribution in [2.45, 2.75) is 13.0 Å². The molecule has 0 aliphatic carbocycles.